The number of carbonyl (C=O) groups excluding carboxylic acids is 2. The van der Waals surface area contributed by atoms with Gasteiger partial charge in [0.05, 0.1) is 33.1 Å². The van der Waals surface area contributed by atoms with Crippen LogP contribution in [0, 0.1) is 0 Å². The molecule has 0 aliphatic carbocycles. The van der Waals surface area contributed by atoms with Gasteiger partial charge in [-0.2, -0.15) is 5.10 Å². The van der Waals surface area contributed by atoms with Gasteiger partial charge >= 0.3 is 5.97 Å². The zero-order chi connectivity index (χ0) is 25.5. The highest BCUT2D eigenvalue weighted by Crippen LogP contribution is 2.38. The van der Waals surface area contributed by atoms with Crippen LogP contribution >= 0.6 is 0 Å². The lowest BCUT2D eigenvalue weighted by Gasteiger charge is -2.13. The number of carbonyl (C=O) groups is 2. The van der Waals surface area contributed by atoms with E-state index in [4.69, 9.17) is 18.9 Å². The molecule has 0 aliphatic heterocycles. The Bertz CT molecular complexity index is 1400. The molecule has 8 heteroatoms. The third-order valence-electron chi connectivity index (χ3n) is 5.41. The first-order valence-corrected chi connectivity index (χ1v) is 11.0. The number of rotatable bonds is 8. The molecule has 0 atom stereocenters. The molecule has 0 saturated heterocycles. The van der Waals surface area contributed by atoms with Gasteiger partial charge in [0.15, 0.2) is 11.5 Å². The monoisotopic (exact) mass is 484 g/mol. The van der Waals surface area contributed by atoms with Crippen molar-refractivity contribution in [3.05, 3.63) is 95.6 Å². The summed E-state index contributed by atoms with van der Waals surface area (Å²) < 4.78 is 21.4. The molecule has 182 valence electrons. The second-order valence-electron chi connectivity index (χ2n) is 7.60. The standard InChI is InChI=1S/C28H24N2O6/c1-33-24-15-20(16-25(34-2)26(24)35-3)27(31)30-29-17-18-11-13-21(14-12-18)36-28(32)23-10-6-8-19-7-4-5-9-22(19)23/h4-17H,1-3H3,(H,30,31). The van der Waals surface area contributed by atoms with Crippen LogP contribution in [0.3, 0.4) is 0 Å². The number of hydrogen-bond donors (Lipinski definition) is 1. The Morgan fingerprint density at radius 2 is 1.47 bits per heavy atom. The molecule has 0 unspecified atom stereocenters. The smallest absolute Gasteiger partial charge is 0.344 e. The van der Waals surface area contributed by atoms with Crippen molar-refractivity contribution in [2.24, 2.45) is 5.10 Å². The first-order chi connectivity index (χ1) is 17.5. The van der Waals surface area contributed by atoms with Crippen molar-refractivity contribution in [3.63, 3.8) is 0 Å². The molecule has 1 N–H and O–H groups in total. The molecule has 1 amide bonds. The first-order valence-electron chi connectivity index (χ1n) is 11.0. The third kappa shape index (κ3) is 5.28. The van der Waals surface area contributed by atoms with Gasteiger partial charge < -0.3 is 18.9 Å². The number of hydrogen-bond acceptors (Lipinski definition) is 7. The van der Waals surface area contributed by atoms with Gasteiger partial charge in [0, 0.05) is 5.56 Å². The molecule has 4 rings (SSSR count). The lowest BCUT2D eigenvalue weighted by Crippen LogP contribution is -2.18. The molecule has 4 aromatic rings. The summed E-state index contributed by atoms with van der Waals surface area (Å²) in [5.74, 6) is 0.615. The molecule has 0 spiro atoms. The van der Waals surface area contributed by atoms with Gasteiger partial charge in [0.25, 0.3) is 5.91 Å². The highest BCUT2D eigenvalue weighted by atomic mass is 16.5. The van der Waals surface area contributed by atoms with E-state index in [1.165, 1.54) is 39.7 Å². The Morgan fingerprint density at radius 1 is 0.806 bits per heavy atom. The maximum Gasteiger partial charge on any atom is 0.344 e. The van der Waals surface area contributed by atoms with Gasteiger partial charge in [0.1, 0.15) is 5.75 Å². The molecule has 36 heavy (non-hydrogen) atoms. The lowest BCUT2D eigenvalue weighted by molar-refractivity contribution is 0.0736. The summed E-state index contributed by atoms with van der Waals surface area (Å²) >= 11 is 0. The van der Waals surface area contributed by atoms with Crippen molar-refractivity contribution in [2.45, 2.75) is 0 Å². The molecular weight excluding hydrogens is 460 g/mol. The van der Waals surface area contributed by atoms with Gasteiger partial charge in [-0.1, -0.05) is 36.4 Å². The van der Waals surface area contributed by atoms with Crippen molar-refractivity contribution < 1.29 is 28.5 Å². The molecule has 0 fully saturated rings. The zero-order valence-corrected chi connectivity index (χ0v) is 20.0. The quantitative estimate of drug-likeness (QED) is 0.166. The second kappa shape index (κ2) is 11.1. The van der Waals surface area contributed by atoms with Crippen molar-refractivity contribution in [1.82, 2.24) is 5.43 Å². The summed E-state index contributed by atoms with van der Waals surface area (Å²) in [7, 11) is 4.43. The van der Waals surface area contributed by atoms with Crippen molar-refractivity contribution >= 4 is 28.9 Å². The summed E-state index contributed by atoms with van der Waals surface area (Å²) in [5.41, 5.74) is 3.95. The topological polar surface area (TPSA) is 95.5 Å². The predicted octanol–water partition coefficient (Wildman–Crippen LogP) is 4.85. The van der Waals surface area contributed by atoms with Gasteiger partial charge in [-0.15, -0.1) is 0 Å². The van der Waals surface area contributed by atoms with Crippen molar-refractivity contribution in [2.75, 3.05) is 21.3 Å². The SMILES string of the molecule is COc1cc(C(=O)NN=Cc2ccc(OC(=O)c3cccc4ccccc34)cc2)cc(OC)c1OC. The first kappa shape index (κ1) is 24.3. The van der Waals surface area contributed by atoms with E-state index >= 15 is 0 Å². The summed E-state index contributed by atoms with van der Waals surface area (Å²) in [6.45, 7) is 0. The number of amides is 1. The normalized spacial score (nSPS) is 10.8. The molecule has 8 nitrogen and oxygen atoms in total. The summed E-state index contributed by atoms with van der Waals surface area (Å²) in [4.78, 5) is 25.2. The van der Waals surface area contributed by atoms with E-state index in [0.29, 0.717) is 34.1 Å². The van der Waals surface area contributed by atoms with E-state index in [1.807, 2.05) is 36.4 Å². The maximum atomic E-state index is 12.7. The molecule has 4 aromatic carbocycles. The summed E-state index contributed by atoms with van der Waals surface area (Å²) in [5, 5.41) is 5.79. The number of benzene rings is 4. The number of esters is 1. The van der Waals surface area contributed by atoms with Crippen LogP contribution in [0.1, 0.15) is 26.3 Å². The summed E-state index contributed by atoms with van der Waals surface area (Å²) in [6.07, 6.45) is 1.48. The number of fused-ring (bicyclic) bond motifs is 1. The number of hydrazone groups is 1. The summed E-state index contributed by atoms with van der Waals surface area (Å²) in [6, 6.07) is 23.0. The molecular formula is C28H24N2O6. The van der Waals surface area contributed by atoms with E-state index in [-0.39, 0.29) is 5.56 Å². The van der Waals surface area contributed by atoms with Gasteiger partial charge in [-0.05, 0) is 58.8 Å². The fourth-order valence-corrected chi connectivity index (χ4v) is 3.63. The Hall–Kier alpha value is -4.85. The molecule has 0 bridgehead atoms. The second-order valence-corrected chi connectivity index (χ2v) is 7.60. The Kier molecular flexibility index (Phi) is 7.45. The minimum atomic E-state index is -0.453. The van der Waals surface area contributed by atoms with Crippen molar-refractivity contribution in [3.8, 4) is 23.0 Å². The van der Waals surface area contributed by atoms with Crippen LogP contribution in [-0.4, -0.2) is 39.4 Å². The highest BCUT2D eigenvalue weighted by molar-refractivity contribution is 6.05. The van der Waals surface area contributed by atoms with Crippen LogP contribution in [0.4, 0.5) is 0 Å². The molecule has 0 radical (unpaired) electrons. The van der Waals surface area contributed by atoms with Crippen LogP contribution in [0.15, 0.2) is 84.0 Å². The fourth-order valence-electron chi connectivity index (χ4n) is 3.63. The number of nitrogens with one attached hydrogen (secondary N) is 1. The maximum absolute atomic E-state index is 12.7. The van der Waals surface area contributed by atoms with Crippen LogP contribution in [-0.2, 0) is 0 Å². The predicted molar refractivity (Wildman–Crippen MR) is 137 cm³/mol. The van der Waals surface area contributed by atoms with Crippen LogP contribution < -0.4 is 24.4 Å². The minimum Gasteiger partial charge on any atom is -0.493 e. The largest absolute Gasteiger partial charge is 0.493 e. The van der Waals surface area contributed by atoms with Crippen LogP contribution in [0.25, 0.3) is 10.8 Å². The van der Waals surface area contributed by atoms with E-state index in [2.05, 4.69) is 10.5 Å². The average molecular weight is 485 g/mol. The van der Waals surface area contributed by atoms with E-state index in [0.717, 1.165) is 10.8 Å². The van der Waals surface area contributed by atoms with Crippen LogP contribution in [0.5, 0.6) is 23.0 Å². The molecule has 0 heterocycles. The Labute approximate surface area is 208 Å². The van der Waals surface area contributed by atoms with E-state index in [9.17, 15) is 9.59 Å². The van der Waals surface area contributed by atoms with Gasteiger partial charge in [-0.3, -0.25) is 4.79 Å². The zero-order valence-electron chi connectivity index (χ0n) is 20.0. The number of nitrogens with zero attached hydrogens (tertiary/aromatic N) is 1. The molecule has 0 aliphatic rings. The molecule has 0 saturated carbocycles. The minimum absolute atomic E-state index is 0.289. The van der Waals surface area contributed by atoms with Crippen molar-refractivity contribution in [1.29, 1.82) is 0 Å². The third-order valence-corrected chi connectivity index (χ3v) is 5.41. The van der Waals surface area contributed by atoms with E-state index < -0.39 is 11.9 Å². The molecule has 0 aromatic heterocycles. The van der Waals surface area contributed by atoms with E-state index in [1.54, 1.807) is 30.3 Å². The lowest BCUT2D eigenvalue weighted by atomic mass is 10.0. The van der Waals surface area contributed by atoms with Crippen LogP contribution in [0.2, 0.25) is 0 Å². The number of ether oxygens (including phenoxy) is 4. The van der Waals surface area contributed by atoms with Gasteiger partial charge in [0.2, 0.25) is 5.75 Å². The van der Waals surface area contributed by atoms with Gasteiger partial charge in [-0.25, -0.2) is 10.2 Å². The number of methoxy groups -OCH3 is 3. The highest BCUT2D eigenvalue weighted by Gasteiger charge is 2.17. The fraction of sp³-hybridized carbons (Fsp3) is 0.107. The Balaban J connectivity index is 1.40. The Morgan fingerprint density at radius 3 is 2.14 bits per heavy atom. The average Bonchev–Trinajstić information content (AvgIpc) is 2.92.